The highest BCUT2D eigenvalue weighted by atomic mass is 15.3. The van der Waals surface area contributed by atoms with Crippen molar-refractivity contribution in [3.63, 3.8) is 0 Å². The Morgan fingerprint density at radius 2 is 1.68 bits per heavy atom. The first-order chi connectivity index (χ1) is 12.4. The van der Waals surface area contributed by atoms with Gasteiger partial charge in [0.2, 0.25) is 0 Å². The van der Waals surface area contributed by atoms with E-state index in [1.54, 1.807) is 11.0 Å². The van der Waals surface area contributed by atoms with Crippen molar-refractivity contribution >= 4 is 5.82 Å². The van der Waals surface area contributed by atoms with E-state index in [0.717, 1.165) is 28.3 Å². The molecule has 0 unspecified atom stereocenters. The largest absolute Gasteiger partial charge is 0.365 e. The number of anilines is 1. The van der Waals surface area contributed by atoms with Gasteiger partial charge in [-0.25, -0.2) is 9.67 Å². The Labute approximate surface area is 145 Å². The summed E-state index contributed by atoms with van der Waals surface area (Å²) in [7, 11) is 0. The van der Waals surface area contributed by atoms with E-state index < -0.39 is 0 Å². The topological polar surface area (TPSA) is 68.5 Å². The van der Waals surface area contributed by atoms with Gasteiger partial charge in [0.25, 0.3) is 0 Å². The highest BCUT2D eigenvalue weighted by Gasteiger charge is 2.01. The van der Waals surface area contributed by atoms with Crippen molar-refractivity contribution in [2.24, 2.45) is 0 Å². The third kappa shape index (κ3) is 3.53. The van der Waals surface area contributed by atoms with Gasteiger partial charge < -0.3 is 5.32 Å². The van der Waals surface area contributed by atoms with E-state index in [0.29, 0.717) is 6.54 Å². The molecule has 0 aliphatic heterocycles. The zero-order valence-corrected chi connectivity index (χ0v) is 13.4. The van der Waals surface area contributed by atoms with Crippen LogP contribution in [0.1, 0.15) is 5.56 Å². The van der Waals surface area contributed by atoms with Crippen molar-refractivity contribution in [3.8, 4) is 16.9 Å². The summed E-state index contributed by atoms with van der Waals surface area (Å²) in [6.45, 7) is 0.678. The molecule has 0 atom stereocenters. The standard InChI is InChI=1S/C19H16N6/c1-2-4-16(5-3-1)18-10-11-19(24-23-18)21-12-15-6-8-17(9-7-15)25-14-20-13-22-25/h1-11,13-14H,12H2,(H,21,24). The van der Waals surface area contributed by atoms with Crippen LogP contribution in [0.25, 0.3) is 16.9 Å². The number of benzene rings is 2. The maximum absolute atomic E-state index is 4.28. The van der Waals surface area contributed by atoms with Gasteiger partial charge in [-0.15, -0.1) is 10.2 Å². The lowest BCUT2D eigenvalue weighted by atomic mass is 10.1. The van der Waals surface area contributed by atoms with E-state index in [1.165, 1.54) is 6.33 Å². The molecule has 0 radical (unpaired) electrons. The summed E-state index contributed by atoms with van der Waals surface area (Å²) in [6, 6.07) is 22.1. The molecule has 4 rings (SSSR count). The molecule has 0 aliphatic carbocycles. The van der Waals surface area contributed by atoms with E-state index in [2.05, 4.69) is 37.7 Å². The van der Waals surface area contributed by atoms with Crippen LogP contribution in [0.15, 0.2) is 79.4 Å². The molecule has 0 bridgehead atoms. The molecule has 1 N–H and O–H groups in total. The summed E-state index contributed by atoms with van der Waals surface area (Å²) in [6.07, 6.45) is 3.20. The third-order valence-electron chi connectivity index (χ3n) is 3.83. The van der Waals surface area contributed by atoms with Gasteiger partial charge in [-0.05, 0) is 29.8 Å². The molecule has 122 valence electrons. The van der Waals surface area contributed by atoms with Gasteiger partial charge in [-0.3, -0.25) is 0 Å². The van der Waals surface area contributed by atoms with Crippen molar-refractivity contribution < 1.29 is 0 Å². The Balaban J connectivity index is 1.40. The summed E-state index contributed by atoms with van der Waals surface area (Å²) in [5.41, 5.74) is 4.06. The van der Waals surface area contributed by atoms with Crippen LogP contribution in [0, 0.1) is 0 Å². The Bertz CT molecular complexity index is 916. The van der Waals surface area contributed by atoms with Crippen LogP contribution in [0.5, 0.6) is 0 Å². The van der Waals surface area contributed by atoms with Crippen LogP contribution < -0.4 is 5.32 Å². The lowest BCUT2D eigenvalue weighted by Gasteiger charge is -2.07. The molecule has 0 fully saturated rings. The quantitative estimate of drug-likeness (QED) is 0.608. The molecule has 0 saturated heterocycles. The fourth-order valence-electron chi connectivity index (χ4n) is 2.49. The SMILES string of the molecule is c1ccc(-c2ccc(NCc3ccc(-n4cncn4)cc3)nn2)cc1. The monoisotopic (exact) mass is 328 g/mol. The molecule has 4 aromatic rings. The molecule has 6 nitrogen and oxygen atoms in total. The molecule has 2 aromatic heterocycles. The number of rotatable bonds is 5. The first-order valence-electron chi connectivity index (χ1n) is 7.95. The number of aromatic nitrogens is 5. The number of nitrogens with one attached hydrogen (secondary N) is 1. The Kier molecular flexibility index (Phi) is 4.16. The van der Waals surface area contributed by atoms with E-state index in [9.17, 15) is 0 Å². The molecular formula is C19H16N6. The van der Waals surface area contributed by atoms with Crippen molar-refractivity contribution in [3.05, 3.63) is 84.9 Å². The highest BCUT2D eigenvalue weighted by molar-refractivity contribution is 5.59. The van der Waals surface area contributed by atoms with Crippen LogP contribution in [0.3, 0.4) is 0 Å². The molecule has 0 spiro atoms. The number of nitrogens with zero attached hydrogens (tertiary/aromatic N) is 5. The van der Waals surface area contributed by atoms with Gasteiger partial charge in [0.05, 0.1) is 11.4 Å². The molecule has 6 heteroatoms. The Morgan fingerprint density at radius 3 is 2.36 bits per heavy atom. The average Bonchev–Trinajstić information content (AvgIpc) is 3.23. The molecule has 0 amide bonds. The first kappa shape index (κ1) is 15.0. The minimum absolute atomic E-state index is 0.678. The van der Waals surface area contributed by atoms with Crippen LogP contribution in [0.4, 0.5) is 5.82 Å². The third-order valence-corrected chi connectivity index (χ3v) is 3.83. The fraction of sp³-hybridized carbons (Fsp3) is 0.0526. The first-order valence-corrected chi connectivity index (χ1v) is 7.95. The fourth-order valence-corrected chi connectivity index (χ4v) is 2.49. The van der Waals surface area contributed by atoms with Crippen LogP contribution in [-0.4, -0.2) is 25.0 Å². The van der Waals surface area contributed by atoms with Crippen molar-refractivity contribution in [2.75, 3.05) is 5.32 Å². The molecule has 25 heavy (non-hydrogen) atoms. The Hall–Kier alpha value is -3.54. The maximum atomic E-state index is 4.28. The van der Waals surface area contributed by atoms with Gasteiger partial charge in [0.15, 0.2) is 0 Å². The van der Waals surface area contributed by atoms with E-state index in [4.69, 9.17) is 0 Å². The van der Waals surface area contributed by atoms with Crippen LogP contribution in [-0.2, 0) is 6.54 Å². The normalized spacial score (nSPS) is 10.6. The molecule has 0 saturated carbocycles. The second kappa shape index (κ2) is 6.92. The highest BCUT2D eigenvalue weighted by Crippen LogP contribution is 2.16. The average molecular weight is 328 g/mol. The molecule has 0 aliphatic rings. The minimum atomic E-state index is 0.678. The number of hydrogen-bond donors (Lipinski definition) is 1. The summed E-state index contributed by atoms with van der Waals surface area (Å²) < 4.78 is 1.73. The predicted octanol–water partition coefficient (Wildman–Crippen LogP) is 3.34. The zero-order chi connectivity index (χ0) is 16.9. The van der Waals surface area contributed by atoms with E-state index >= 15 is 0 Å². The van der Waals surface area contributed by atoms with Crippen LogP contribution in [0.2, 0.25) is 0 Å². The smallest absolute Gasteiger partial charge is 0.148 e. The Morgan fingerprint density at radius 1 is 0.840 bits per heavy atom. The van der Waals surface area contributed by atoms with Crippen LogP contribution >= 0.6 is 0 Å². The van der Waals surface area contributed by atoms with Gasteiger partial charge in [0.1, 0.15) is 18.5 Å². The van der Waals surface area contributed by atoms with Gasteiger partial charge >= 0.3 is 0 Å². The summed E-state index contributed by atoms with van der Waals surface area (Å²) in [5.74, 6) is 0.750. The lowest BCUT2D eigenvalue weighted by Crippen LogP contribution is -2.03. The molecular weight excluding hydrogens is 312 g/mol. The summed E-state index contributed by atoms with van der Waals surface area (Å²) in [5, 5.41) is 15.9. The van der Waals surface area contributed by atoms with E-state index in [1.807, 2.05) is 54.6 Å². The maximum Gasteiger partial charge on any atom is 0.148 e. The van der Waals surface area contributed by atoms with E-state index in [-0.39, 0.29) is 0 Å². The second-order valence-electron chi connectivity index (χ2n) is 5.53. The van der Waals surface area contributed by atoms with Gasteiger partial charge in [-0.1, -0.05) is 42.5 Å². The van der Waals surface area contributed by atoms with Gasteiger partial charge in [0, 0.05) is 12.1 Å². The van der Waals surface area contributed by atoms with Crippen molar-refractivity contribution in [1.82, 2.24) is 25.0 Å². The summed E-state index contributed by atoms with van der Waals surface area (Å²) in [4.78, 5) is 3.95. The molecule has 2 aromatic carbocycles. The zero-order valence-electron chi connectivity index (χ0n) is 13.4. The van der Waals surface area contributed by atoms with Crippen molar-refractivity contribution in [2.45, 2.75) is 6.54 Å². The molecule has 2 heterocycles. The van der Waals surface area contributed by atoms with Crippen molar-refractivity contribution in [1.29, 1.82) is 0 Å². The summed E-state index contributed by atoms with van der Waals surface area (Å²) >= 11 is 0. The second-order valence-corrected chi connectivity index (χ2v) is 5.53. The minimum Gasteiger partial charge on any atom is -0.365 e. The number of hydrogen-bond acceptors (Lipinski definition) is 5. The lowest BCUT2D eigenvalue weighted by molar-refractivity contribution is 0.877. The predicted molar refractivity (Wildman–Crippen MR) is 96.2 cm³/mol. The van der Waals surface area contributed by atoms with Gasteiger partial charge in [-0.2, -0.15) is 5.10 Å².